The largest absolute Gasteiger partial charge is 0.497 e. The van der Waals surface area contributed by atoms with E-state index >= 15 is 0 Å². The summed E-state index contributed by atoms with van der Waals surface area (Å²) in [6.07, 6.45) is -4.44. The van der Waals surface area contributed by atoms with E-state index in [0.717, 1.165) is 11.3 Å². The van der Waals surface area contributed by atoms with E-state index in [1.54, 1.807) is 18.2 Å². The monoisotopic (exact) mass is 479 g/mol. The molecule has 0 atom stereocenters. The number of halogens is 3. The SMILES string of the molecule is COc1ccc(OC)c(-c2cc(C(=O)Nc3nc4ccc(OCC(F)(F)F)cc4s3)no2)c1. The highest BCUT2D eigenvalue weighted by Crippen LogP contribution is 2.34. The summed E-state index contributed by atoms with van der Waals surface area (Å²) in [5.74, 6) is 0.857. The van der Waals surface area contributed by atoms with E-state index in [1.165, 1.54) is 38.5 Å². The van der Waals surface area contributed by atoms with Crippen LogP contribution in [0.1, 0.15) is 10.5 Å². The van der Waals surface area contributed by atoms with Crippen LogP contribution in [-0.4, -0.2) is 43.1 Å². The van der Waals surface area contributed by atoms with Gasteiger partial charge in [-0.15, -0.1) is 0 Å². The fourth-order valence-corrected chi connectivity index (χ4v) is 3.78. The quantitative estimate of drug-likeness (QED) is 0.391. The fourth-order valence-electron chi connectivity index (χ4n) is 2.89. The average Bonchev–Trinajstić information content (AvgIpc) is 3.43. The van der Waals surface area contributed by atoms with Crippen molar-refractivity contribution in [3.05, 3.63) is 48.2 Å². The van der Waals surface area contributed by atoms with Crippen molar-refractivity contribution in [1.29, 1.82) is 0 Å². The molecular formula is C21H16F3N3O5S. The maximum absolute atomic E-state index is 12.6. The molecule has 0 saturated heterocycles. The number of carbonyl (C=O) groups is 1. The number of carbonyl (C=O) groups excluding carboxylic acids is 1. The summed E-state index contributed by atoms with van der Waals surface area (Å²) in [5.41, 5.74) is 1.05. The minimum atomic E-state index is -4.44. The van der Waals surface area contributed by atoms with Gasteiger partial charge in [-0.05, 0) is 36.4 Å². The number of benzene rings is 2. The summed E-state index contributed by atoms with van der Waals surface area (Å²) in [5, 5.41) is 6.65. The lowest BCUT2D eigenvalue weighted by Crippen LogP contribution is -2.19. The van der Waals surface area contributed by atoms with E-state index in [4.69, 9.17) is 18.7 Å². The molecule has 4 aromatic rings. The Kier molecular flexibility index (Phi) is 6.09. The van der Waals surface area contributed by atoms with Gasteiger partial charge in [-0.1, -0.05) is 16.5 Å². The number of methoxy groups -OCH3 is 2. The zero-order valence-electron chi connectivity index (χ0n) is 17.2. The summed E-state index contributed by atoms with van der Waals surface area (Å²) in [4.78, 5) is 16.9. The molecule has 8 nitrogen and oxygen atoms in total. The van der Waals surface area contributed by atoms with Crippen LogP contribution in [0.25, 0.3) is 21.5 Å². The van der Waals surface area contributed by atoms with Crippen LogP contribution in [0.5, 0.6) is 17.2 Å². The van der Waals surface area contributed by atoms with Gasteiger partial charge in [-0.25, -0.2) is 4.98 Å². The molecule has 0 aliphatic heterocycles. The molecular weight excluding hydrogens is 463 g/mol. The lowest BCUT2D eigenvalue weighted by atomic mass is 10.1. The van der Waals surface area contributed by atoms with Crippen LogP contribution < -0.4 is 19.5 Å². The summed E-state index contributed by atoms with van der Waals surface area (Å²) in [6, 6.07) is 10.9. The van der Waals surface area contributed by atoms with Crippen LogP contribution in [0.4, 0.5) is 18.3 Å². The molecule has 0 spiro atoms. The predicted octanol–water partition coefficient (Wildman–Crippen LogP) is 5.16. The molecule has 4 rings (SSSR count). The summed E-state index contributed by atoms with van der Waals surface area (Å²) < 4.78 is 58.2. The zero-order valence-corrected chi connectivity index (χ0v) is 18.0. The Morgan fingerprint density at radius 2 is 1.88 bits per heavy atom. The van der Waals surface area contributed by atoms with Crippen molar-refractivity contribution in [3.8, 4) is 28.6 Å². The molecule has 1 amide bonds. The number of nitrogens with one attached hydrogen (secondary N) is 1. The van der Waals surface area contributed by atoms with Crippen molar-refractivity contribution in [3.63, 3.8) is 0 Å². The number of fused-ring (bicyclic) bond motifs is 1. The smallest absolute Gasteiger partial charge is 0.422 e. The molecule has 0 unspecified atom stereocenters. The first-order chi connectivity index (χ1) is 15.8. The zero-order chi connectivity index (χ0) is 23.6. The Hall–Kier alpha value is -3.80. The van der Waals surface area contributed by atoms with Crippen LogP contribution >= 0.6 is 11.3 Å². The number of nitrogens with zero attached hydrogens (tertiary/aromatic N) is 2. The van der Waals surface area contributed by atoms with Crippen LogP contribution in [0.15, 0.2) is 47.0 Å². The second kappa shape index (κ2) is 8.98. The summed E-state index contributed by atoms with van der Waals surface area (Å²) >= 11 is 1.08. The van der Waals surface area contributed by atoms with E-state index in [2.05, 4.69) is 15.5 Å². The summed E-state index contributed by atoms with van der Waals surface area (Å²) in [6.45, 7) is -1.40. The first kappa shape index (κ1) is 22.4. The standard InChI is InChI=1S/C21H16F3N3O5S/c1-29-11-4-6-16(30-2)13(7-11)17-9-15(27-32-17)19(28)26-20-25-14-5-3-12(8-18(14)33-20)31-10-21(22,23)24/h3-9H,10H2,1-2H3,(H,25,26,28). The van der Waals surface area contributed by atoms with Gasteiger partial charge < -0.3 is 18.7 Å². The molecule has 12 heteroatoms. The van der Waals surface area contributed by atoms with Crippen molar-refractivity contribution >= 4 is 32.6 Å². The number of alkyl halides is 3. The number of rotatable bonds is 7. The maximum Gasteiger partial charge on any atom is 0.422 e. The van der Waals surface area contributed by atoms with Gasteiger partial charge in [-0.3, -0.25) is 10.1 Å². The molecule has 2 aromatic heterocycles. The fraction of sp³-hybridized carbons (Fsp3) is 0.190. The van der Waals surface area contributed by atoms with E-state index in [9.17, 15) is 18.0 Å². The molecule has 0 aliphatic carbocycles. The molecule has 0 radical (unpaired) electrons. The number of ether oxygens (including phenoxy) is 3. The Morgan fingerprint density at radius 1 is 1.09 bits per heavy atom. The third kappa shape index (κ3) is 5.17. The average molecular weight is 479 g/mol. The molecule has 2 aromatic carbocycles. The second-order valence-electron chi connectivity index (χ2n) is 6.65. The predicted molar refractivity (Wildman–Crippen MR) is 114 cm³/mol. The second-order valence-corrected chi connectivity index (χ2v) is 7.68. The molecule has 2 heterocycles. The maximum atomic E-state index is 12.6. The summed E-state index contributed by atoms with van der Waals surface area (Å²) in [7, 11) is 3.02. The van der Waals surface area contributed by atoms with Crippen molar-refractivity contribution in [2.75, 3.05) is 26.1 Å². The first-order valence-electron chi connectivity index (χ1n) is 9.36. The first-order valence-corrected chi connectivity index (χ1v) is 10.2. The van der Waals surface area contributed by atoms with Crippen LogP contribution in [0.2, 0.25) is 0 Å². The molecule has 0 saturated carbocycles. The lowest BCUT2D eigenvalue weighted by molar-refractivity contribution is -0.153. The normalized spacial score (nSPS) is 11.4. The van der Waals surface area contributed by atoms with Gasteiger partial charge in [0.15, 0.2) is 23.2 Å². The van der Waals surface area contributed by atoms with Crippen molar-refractivity contribution in [2.45, 2.75) is 6.18 Å². The van der Waals surface area contributed by atoms with Crippen LogP contribution in [0.3, 0.4) is 0 Å². The highest BCUT2D eigenvalue weighted by Gasteiger charge is 2.28. The topological polar surface area (TPSA) is 95.7 Å². The van der Waals surface area contributed by atoms with Gasteiger partial charge in [0, 0.05) is 6.07 Å². The number of hydrogen-bond donors (Lipinski definition) is 1. The minimum absolute atomic E-state index is 0.00308. The van der Waals surface area contributed by atoms with Gasteiger partial charge in [0.25, 0.3) is 5.91 Å². The third-order valence-corrected chi connectivity index (χ3v) is 5.33. The van der Waals surface area contributed by atoms with Gasteiger partial charge in [0.2, 0.25) is 0 Å². The highest BCUT2D eigenvalue weighted by molar-refractivity contribution is 7.22. The third-order valence-electron chi connectivity index (χ3n) is 4.40. The number of anilines is 1. The Bertz CT molecular complexity index is 1300. The van der Waals surface area contributed by atoms with Crippen LogP contribution in [-0.2, 0) is 0 Å². The Balaban J connectivity index is 1.50. The van der Waals surface area contributed by atoms with E-state index in [1.807, 2.05) is 0 Å². The number of thiazole rings is 1. The Morgan fingerprint density at radius 3 is 2.61 bits per heavy atom. The molecule has 0 fully saturated rings. The van der Waals surface area contributed by atoms with Gasteiger partial charge >= 0.3 is 6.18 Å². The number of hydrogen-bond acceptors (Lipinski definition) is 8. The van der Waals surface area contributed by atoms with Gasteiger partial charge in [-0.2, -0.15) is 13.2 Å². The highest BCUT2D eigenvalue weighted by atomic mass is 32.1. The van der Waals surface area contributed by atoms with Gasteiger partial charge in [0.05, 0.1) is 30.0 Å². The van der Waals surface area contributed by atoms with Crippen molar-refractivity contribution in [2.24, 2.45) is 0 Å². The molecule has 172 valence electrons. The van der Waals surface area contributed by atoms with E-state index in [0.29, 0.717) is 33.0 Å². The lowest BCUT2D eigenvalue weighted by Gasteiger charge is -2.08. The van der Waals surface area contributed by atoms with E-state index < -0.39 is 18.7 Å². The molecule has 33 heavy (non-hydrogen) atoms. The Labute approximate surface area is 188 Å². The minimum Gasteiger partial charge on any atom is -0.497 e. The molecule has 1 N–H and O–H groups in total. The van der Waals surface area contributed by atoms with Gasteiger partial charge in [0.1, 0.15) is 17.2 Å². The molecule has 0 aliphatic rings. The van der Waals surface area contributed by atoms with E-state index in [-0.39, 0.29) is 16.6 Å². The van der Waals surface area contributed by atoms with Crippen molar-refractivity contribution in [1.82, 2.24) is 10.1 Å². The van der Waals surface area contributed by atoms with Crippen molar-refractivity contribution < 1.29 is 36.7 Å². The number of amides is 1. The molecule has 0 bridgehead atoms. The number of aromatic nitrogens is 2. The van der Waals surface area contributed by atoms with Crippen LogP contribution in [0, 0.1) is 0 Å².